The molecule has 0 atom stereocenters. The summed E-state index contributed by atoms with van der Waals surface area (Å²) in [6.07, 6.45) is 0. The van der Waals surface area contributed by atoms with Gasteiger partial charge in [-0.1, -0.05) is 125 Å². The van der Waals surface area contributed by atoms with Gasteiger partial charge in [-0.25, -0.2) is 0 Å². The number of hydrogen-bond donors (Lipinski definition) is 0. The van der Waals surface area contributed by atoms with Gasteiger partial charge in [-0.15, -0.1) is 0 Å². The molecule has 0 spiro atoms. The molecule has 0 aromatic rings. The zero-order valence-electron chi connectivity index (χ0n) is 23.3. The standard InChI is InChI=1S/2C12H27Si.Cu.Na/c2*1-10(2,3)13(11(4,5)6)12(7,8)9;;/h2*1-9H3;;. The Bertz CT molecular complexity index is 310. The van der Waals surface area contributed by atoms with E-state index in [1.165, 1.54) is 0 Å². The van der Waals surface area contributed by atoms with Crippen LogP contribution in [0.5, 0.6) is 0 Å². The first kappa shape index (κ1) is 37.3. The zero-order chi connectivity index (χ0) is 22.2. The summed E-state index contributed by atoms with van der Waals surface area (Å²) in [6, 6.07) is 0. The summed E-state index contributed by atoms with van der Waals surface area (Å²) in [5, 5.41) is 2.92. The molecule has 0 aliphatic heterocycles. The summed E-state index contributed by atoms with van der Waals surface area (Å²) >= 11 is 0. The maximum absolute atomic E-state index is 2.40. The van der Waals surface area contributed by atoms with Crippen molar-refractivity contribution in [1.29, 1.82) is 0 Å². The van der Waals surface area contributed by atoms with E-state index in [4.69, 9.17) is 0 Å². The van der Waals surface area contributed by atoms with E-state index in [1.807, 2.05) is 0 Å². The summed E-state index contributed by atoms with van der Waals surface area (Å²) in [7, 11) is -0.782. The van der Waals surface area contributed by atoms with Gasteiger partial charge in [0.25, 0.3) is 0 Å². The zero-order valence-corrected chi connectivity index (χ0v) is 28.2. The Balaban J connectivity index is -0.000000192. The van der Waals surface area contributed by atoms with Gasteiger partial charge in [0.1, 0.15) is 0 Å². The molecule has 0 nitrogen and oxygen atoms in total. The van der Waals surface area contributed by atoms with E-state index in [-0.39, 0.29) is 46.6 Å². The molecule has 4 radical (unpaired) electrons. The maximum Gasteiger partial charge on any atom is 0.0652 e. The summed E-state index contributed by atoms with van der Waals surface area (Å²) in [4.78, 5) is 0. The van der Waals surface area contributed by atoms with Gasteiger partial charge in [0.15, 0.2) is 0 Å². The van der Waals surface area contributed by atoms with Crippen LogP contribution in [0.2, 0.25) is 30.2 Å². The molecule has 0 heterocycles. The van der Waals surface area contributed by atoms with Crippen molar-refractivity contribution in [1.82, 2.24) is 0 Å². The first-order chi connectivity index (χ1) is 10.7. The smallest absolute Gasteiger partial charge is 0.0627 e. The largest absolute Gasteiger partial charge is 0.0652 e. The van der Waals surface area contributed by atoms with Gasteiger partial charge >= 0.3 is 0 Å². The fraction of sp³-hybridized carbons (Fsp3) is 1.00. The van der Waals surface area contributed by atoms with E-state index in [0.29, 0.717) is 30.2 Å². The van der Waals surface area contributed by atoms with Crippen LogP contribution >= 0.6 is 0 Å². The van der Waals surface area contributed by atoms with Crippen molar-refractivity contribution in [2.45, 2.75) is 155 Å². The van der Waals surface area contributed by atoms with Crippen LogP contribution < -0.4 is 0 Å². The molecule has 0 rings (SSSR count). The Morgan fingerprint density at radius 3 is 0.357 bits per heavy atom. The van der Waals surface area contributed by atoms with Gasteiger partial charge < -0.3 is 0 Å². The van der Waals surface area contributed by atoms with E-state index in [9.17, 15) is 0 Å². The fourth-order valence-corrected chi connectivity index (χ4v) is 20.2. The minimum absolute atomic E-state index is 0. The number of hydrogen-bond acceptors (Lipinski definition) is 0. The Labute approximate surface area is 217 Å². The molecule has 28 heavy (non-hydrogen) atoms. The van der Waals surface area contributed by atoms with Crippen molar-refractivity contribution in [3.8, 4) is 0 Å². The van der Waals surface area contributed by atoms with Crippen molar-refractivity contribution in [3.63, 3.8) is 0 Å². The second-order valence-corrected chi connectivity index (χ2v) is 24.8. The maximum atomic E-state index is 2.40. The third-order valence-electron chi connectivity index (χ3n) is 4.50. The van der Waals surface area contributed by atoms with E-state index in [0.717, 1.165) is 0 Å². The van der Waals surface area contributed by atoms with Crippen molar-refractivity contribution >= 4 is 47.2 Å². The molecular weight excluding hydrogens is 431 g/mol. The quantitative estimate of drug-likeness (QED) is 0.300. The fourth-order valence-electron chi connectivity index (χ4n) is 6.75. The van der Waals surface area contributed by atoms with Crippen LogP contribution in [-0.4, -0.2) is 47.2 Å². The van der Waals surface area contributed by atoms with Crippen LogP contribution in [0.25, 0.3) is 0 Å². The monoisotopic (exact) mass is 484 g/mol. The van der Waals surface area contributed by atoms with Gasteiger partial charge in [0.2, 0.25) is 0 Å². The van der Waals surface area contributed by atoms with Gasteiger partial charge in [-0.2, -0.15) is 0 Å². The summed E-state index contributed by atoms with van der Waals surface area (Å²) < 4.78 is 0. The SMILES string of the molecule is CC(C)(C)[Si](C(C)(C)C)C(C)(C)C.CC(C)(C)[Si](C(C)(C)C)C(C)(C)C.[Cu].[Na]. The van der Waals surface area contributed by atoms with Crippen molar-refractivity contribution in [2.75, 3.05) is 0 Å². The average molecular weight is 485 g/mol. The summed E-state index contributed by atoms with van der Waals surface area (Å²) in [6.45, 7) is 43.2. The molecule has 0 saturated heterocycles. The molecule has 0 bridgehead atoms. The van der Waals surface area contributed by atoms with Crippen LogP contribution in [0.1, 0.15) is 125 Å². The van der Waals surface area contributed by atoms with Crippen LogP contribution in [-0.2, 0) is 17.1 Å². The molecule has 0 amide bonds. The second-order valence-electron chi connectivity index (χ2n) is 14.2. The third kappa shape index (κ3) is 14.1. The number of rotatable bonds is 0. The van der Waals surface area contributed by atoms with E-state index in [2.05, 4.69) is 125 Å². The van der Waals surface area contributed by atoms with Crippen molar-refractivity contribution in [3.05, 3.63) is 0 Å². The topological polar surface area (TPSA) is 0 Å². The normalized spacial score (nSPS) is 14.1. The minimum atomic E-state index is -0.391. The Morgan fingerprint density at radius 1 is 0.286 bits per heavy atom. The predicted molar refractivity (Wildman–Crippen MR) is 136 cm³/mol. The third-order valence-corrected chi connectivity index (χ3v) is 13.5. The van der Waals surface area contributed by atoms with E-state index in [1.54, 1.807) is 0 Å². The van der Waals surface area contributed by atoms with Gasteiger partial charge in [0, 0.05) is 46.6 Å². The molecule has 0 unspecified atom stereocenters. The molecule has 4 heteroatoms. The second kappa shape index (κ2) is 11.7. The molecule has 0 aromatic carbocycles. The van der Waals surface area contributed by atoms with Crippen LogP contribution in [0.15, 0.2) is 0 Å². The Morgan fingerprint density at radius 2 is 0.357 bits per heavy atom. The van der Waals surface area contributed by atoms with Crippen LogP contribution in [0.4, 0.5) is 0 Å². The molecule has 0 fully saturated rings. The predicted octanol–water partition coefficient (Wildman–Crippen LogP) is 9.38. The van der Waals surface area contributed by atoms with Gasteiger partial charge in [0.05, 0.1) is 17.6 Å². The summed E-state index contributed by atoms with van der Waals surface area (Å²) in [5.74, 6) is 0. The van der Waals surface area contributed by atoms with Crippen LogP contribution in [0.3, 0.4) is 0 Å². The first-order valence-electron chi connectivity index (χ1n) is 10.5. The van der Waals surface area contributed by atoms with Gasteiger partial charge in [-0.3, -0.25) is 0 Å². The molecule has 0 N–H and O–H groups in total. The Hall–Kier alpha value is 1.95. The Kier molecular flexibility index (Phi) is 15.6. The van der Waals surface area contributed by atoms with Crippen LogP contribution in [0, 0.1) is 0 Å². The summed E-state index contributed by atoms with van der Waals surface area (Å²) in [5.41, 5.74) is 0. The molecule has 0 saturated carbocycles. The van der Waals surface area contributed by atoms with Gasteiger partial charge in [-0.05, 0) is 30.2 Å². The van der Waals surface area contributed by atoms with Crippen molar-refractivity contribution < 1.29 is 17.1 Å². The van der Waals surface area contributed by atoms with E-state index < -0.39 is 17.6 Å². The average Bonchev–Trinajstić information content (AvgIpc) is 1.97. The first-order valence-corrected chi connectivity index (χ1v) is 13.5. The molecule has 0 aliphatic carbocycles. The molecular formula is C24H54CuNaSi2. The minimum Gasteiger partial charge on any atom is -0.0627 e. The van der Waals surface area contributed by atoms with E-state index >= 15 is 0 Å². The molecule has 0 aromatic heterocycles. The molecule has 0 aliphatic rings. The van der Waals surface area contributed by atoms with Crippen molar-refractivity contribution in [2.24, 2.45) is 0 Å². The molecule has 170 valence electrons.